The molecule has 0 aromatic heterocycles. The second kappa shape index (κ2) is 10.5. The number of ether oxygens (including phenoxy) is 2. The Hall–Kier alpha value is -3.39. The number of alkyl carbamates (subject to hydrolysis) is 1. The molecule has 2 aromatic rings. The number of carbonyl (C=O) groups excluding carboxylic acids is 2. The molecule has 0 heterocycles. The smallest absolute Gasteiger partial charge is 0.407 e. The summed E-state index contributed by atoms with van der Waals surface area (Å²) in [4.78, 5) is 35.9. The Morgan fingerprint density at radius 3 is 2.18 bits per heavy atom. The summed E-state index contributed by atoms with van der Waals surface area (Å²) in [7, 11) is 1.37. The lowest BCUT2D eigenvalue weighted by atomic mass is 9.98. The van der Waals surface area contributed by atoms with Crippen molar-refractivity contribution in [3.8, 4) is 11.1 Å². The maximum Gasteiger partial charge on any atom is 0.407 e. The summed E-state index contributed by atoms with van der Waals surface area (Å²) in [5.41, 5.74) is 3.07. The molecule has 176 valence electrons. The predicted molar refractivity (Wildman–Crippen MR) is 123 cm³/mol. The highest BCUT2D eigenvalue weighted by molar-refractivity contribution is 5.86. The number of benzene rings is 2. The van der Waals surface area contributed by atoms with E-state index in [0.717, 1.165) is 22.3 Å². The fourth-order valence-electron chi connectivity index (χ4n) is 4.07. The number of carboxylic acid groups (broad SMARTS) is 1. The number of carbonyl (C=O) groups is 3. The van der Waals surface area contributed by atoms with Crippen LogP contribution in [0.4, 0.5) is 4.79 Å². The second-order valence-electron chi connectivity index (χ2n) is 8.53. The number of hydrogen-bond acceptors (Lipinski definition) is 5. The first-order valence-corrected chi connectivity index (χ1v) is 10.9. The maximum atomic E-state index is 12.4. The number of nitrogens with one attached hydrogen (secondary N) is 2. The Kier molecular flexibility index (Phi) is 7.71. The van der Waals surface area contributed by atoms with E-state index in [1.54, 1.807) is 6.92 Å². The minimum atomic E-state index is -1.50. The van der Waals surface area contributed by atoms with Gasteiger partial charge in [-0.2, -0.15) is 0 Å². The van der Waals surface area contributed by atoms with Gasteiger partial charge in [-0.25, -0.2) is 9.59 Å². The van der Waals surface area contributed by atoms with E-state index >= 15 is 0 Å². The summed E-state index contributed by atoms with van der Waals surface area (Å²) < 4.78 is 10.4. The topological polar surface area (TPSA) is 114 Å². The van der Waals surface area contributed by atoms with Crippen LogP contribution in [-0.4, -0.2) is 55.0 Å². The van der Waals surface area contributed by atoms with E-state index in [1.807, 2.05) is 24.3 Å². The van der Waals surface area contributed by atoms with Gasteiger partial charge in [0.05, 0.1) is 6.61 Å². The number of hydrogen-bond donors (Lipinski definition) is 3. The van der Waals surface area contributed by atoms with Crippen LogP contribution in [0, 0.1) is 0 Å². The first-order chi connectivity index (χ1) is 15.7. The number of amides is 2. The van der Waals surface area contributed by atoms with Gasteiger partial charge in [-0.3, -0.25) is 4.79 Å². The van der Waals surface area contributed by atoms with Crippen LogP contribution in [-0.2, 0) is 19.1 Å². The molecule has 0 aliphatic heterocycles. The van der Waals surface area contributed by atoms with Crippen LogP contribution < -0.4 is 10.6 Å². The van der Waals surface area contributed by atoms with Crippen molar-refractivity contribution in [2.45, 2.75) is 44.2 Å². The first kappa shape index (κ1) is 24.3. The van der Waals surface area contributed by atoms with Gasteiger partial charge in [-0.1, -0.05) is 48.5 Å². The second-order valence-corrected chi connectivity index (χ2v) is 8.53. The summed E-state index contributed by atoms with van der Waals surface area (Å²) in [6.45, 7) is 3.21. The third kappa shape index (κ3) is 5.70. The molecule has 3 N–H and O–H groups in total. The van der Waals surface area contributed by atoms with Crippen LogP contribution >= 0.6 is 0 Å². The molecule has 0 bridgehead atoms. The van der Waals surface area contributed by atoms with Gasteiger partial charge in [-0.15, -0.1) is 0 Å². The molecular formula is C25H30N2O6. The minimum absolute atomic E-state index is 0.0290. The molecule has 1 aliphatic rings. The number of carboxylic acids is 1. The summed E-state index contributed by atoms with van der Waals surface area (Å²) in [6.07, 6.45) is -0.171. The number of methoxy groups -OCH3 is 1. The molecule has 1 aliphatic carbocycles. The van der Waals surface area contributed by atoms with Crippen LogP contribution in [0.2, 0.25) is 0 Å². The fourth-order valence-corrected chi connectivity index (χ4v) is 4.07. The molecule has 0 radical (unpaired) electrons. The molecule has 2 unspecified atom stereocenters. The highest BCUT2D eigenvalue weighted by atomic mass is 16.5. The zero-order valence-corrected chi connectivity index (χ0v) is 19.1. The molecular weight excluding hydrogens is 424 g/mol. The lowest BCUT2D eigenvalue weighted by molar-refractivity contribution is -0.149. The molecule has 2 atom stereocenters. The van der Waals surface area contributed by atoms with Crippen molar-refractivity contribution in [1.29, 1.82) is 0 Å². The standard InChI is InChI=1S/C25H30N2O6/c1-16(12-13-22(28)27-25(2,15-32-3)23(29)30)26-24(31)33-14-21-19-10-6-4-8-17(19)18-9-5-7-11-20(18)21/h4-11,16,21H,12-15H2,1-3H3,(H,26,31)(H,27,28)(H,29,30). The highest BCUT2D eigenvalue weighted by Crippen LogP contribution is 2.44. The highest BCUT2D eigenvalue weighted by Gasteiger charge is 2.35. The Bertz CT molecular complexity index is 978. The summed E-state index contributed by atoms with van der Waals surface area (Å²) in [5.74, 6) is -1.64. The molecule has 8 nitrogen and oxygen atoms in total. The normalized spacial score (nSPS) is 15.0. The van der Waals surface area contributed by atoms with E-state index in [1.165, 1.54) is 14.0 Å². The number of fused-ring (bicyclic) bond motifs is 3. The van der Waals surface area contributed by atoms with Gasteiger partial charge in [0.2, 0.25) is 5.91 Å². The van der Waals surface area contributed by atoms with Crippen molar-refractivity contribution in [3.63, 3.8) is 0 Å². The molecule has 2 aromatic carbocycles. The van der Waals surface area contributed by atoms with Crippen LogP contribution in [0.3, 0.4) is 0 Å². The van der Waals surface area contributed by atoms with E-state index in [9.17, 15) is 19.5 Å². The average molecular weight is 455 g/mol. The Morgan fingerprint density at radius 1 is 1.06 bits per heavy atom. The molecule has 3 rings (SSSR count). The van der Waals surface area contributed by atoms with Gasteiger partial charge >= 0.3 is 12.1 Å². The predicted octanol–water partition coefficient (Wildman–Crippen LogP) is 3.30. The molecule has 0 saturated carbocycles. The molecule has 0 fully saturated rings. The summed E-state index contributed by atoms with van der Waals surface area (Å²) in [6, 6.07) is 15.9. The van der Waals surface area contributed by atoms with Gasteiger partial charge in [0, 0.05) is 25.5 Å². The zero-order valence-electron chi connectivity index (χ0n) is 19.1. The van der Waals surface area contributed by atoms with E-state index in [2.05, 4.69) is 34.9 Å². The van der Waals surface area contributed by atoms with Gasteiger partial charge in [0.15, 0.2) is 5.54 Å². The molecule has 2 amide bonds. The summed E-state index contributed by atoms with van der Waals surface area (Å²) in [5, 5.41) is 14.5. The average Bonchev–Trinajstić information content (AvgIpc) is 3.10. The molecule has 0 spiro atoms. The third-order valence-corrected chi connectivity index (χ3v) is 5.83. The van der Waals surface area contributed by atoms with Crippen LogP contribution in [0.5, 0.6) is 0 Å². The molecule has 8 heteroatoms. The largest absolute Gasteiger partial charge is 0.479 e. The van der Waals surface area contributed by atoms with Crippen LogP contribution in [0.15, 0.2) is 48.5 Å². The van der Waals surface area contributed by atoms with Crippen LogP contribution in [0.1, 0.15) is 43.7 Å². The minimum Gasteiger partial charge on any atom is -0.479 e. The van der Waals surface area contributed by atoms with Crippen molar-refractivity contribution < 1.29 is 29.0 Å². The fraction of sp³-hybridized carbons (Fsp3) is 0.400. The Balaban J connectivity index is 1.49. The third-order valence-electron chi connectivity index (χ3n) is 5.83. The lowest BCUT2D eigenvalue weighted by Crippen LogP contribution is -2.55. The van der Waals surface area contributed by atoms with Crippen molar-refractivity contribution in [1.82, 2.24) is 10.6 Å². The van der Waals surface area contributed by atoms with E-state index in [-0.39, 0.29) is 31.6 Å². The van der Waals surface area contributed by atoms with Gasteiger partial charge in [-0.05, 0) is 42.5 Å². The summed E-state index contributed by atoms with van der Waals surface area (Å²) >= 11 is 0. The Morgan fingerprint density at radius 2 is 1.64 bits per heavy atom. The maximum absolute atomic E-state index is 12.4. The molecule has 33 heavy (non-hydrogen) atoms. The quantitative estimate of drug-likeness (QED) is 0.508. The SMILES string of the molecule is COCC(C)(NC(=O)CCC(C)NC(=O)OCC1c2ccccc2-c2ccccc21)C(=O)O. The number of aliphatic carboxylic acids is 1. The monoisotopic (exact) mass is 454 g/mol. The zero-order chi connectivity index (χ0) is 24.0. The van der Waals surface area contributed by atoms with Gasteiger partial charge in [0.1, 0.15) is 6.61 Å². The Labute approximate surface area is 193 Å². The van der Waals surface area contributed by atoms with Crippen molar-refractivity contribution >= 4 is 18.0 Å². The van der Waals surface area contributed by atoms with Crippen LogP contribution in [0.25, 0.3) is 11.1 Å². The van der Waals surface area contributed by atoms with Gasteiger partial charge in [0.25, 0.3) is 0 Å². The van der Waals surface area contributed by atoms with Crippen molar-refractivity contribution in [3.05, 3.63) is 59.7 Å². The lowest BCUT2D eigenvalue weighted by Gasteiger charge is -2.25. The number of rotatable bonds is 10. The van der Waals surface area contributed by atoms with Crippen molar-refractivity contribution in [2.24, 2.45) is 0 Å². The van der Waals surface area contributed by atoms with E-state index in [0.29, 0.717) is 6.42 Å². The van der Waals surface area contributed by atoms with Gasteiger partial charge < -0.3 is 25.2 Å². The van der Waals surface area contributed by atoms with E-state index in [4.69, 9.17) is 9.47 Å². The molecule has 0 saturated heterocycles. The van der Waals surface area contributed by atoms with E-state index < -0.39 is 23.5 Å². The van der Waals surface area contributed by atoms with Crippen molar-refractivity contribution in [2.75, 3.05) is 20.3 Å². The first-order valence-electron chi connectivity index (χ1n) is 10.9.